The standard InChI is InChI=1S/C11H14OS/c1-8(13)7-10-3-5-11(6-4-10)9(2)12/h3-6,8,13H,7H2,1-2H3/t8-/m0/s1. The Morgan fingerprint density at radius 1 is 1.38 bits per heavy atom. The first-order valence-electron chi connectivity index (χ1n) is 4.37. The lowest BCUT2D eigenvalue weighted by atomic mass is 10.1. The lowest BCUT2D eigenvalue weighted by Crippen LogP contribution is -1.98. The summed E-state index contributed by atoms with van der Waals surface area (Å²) in [6.45, 7) is 3.64. The van der Waals surface area contributed by atoms with Gasteiger partial charge < -0.3 is 0 Å². The Morgan fingerprint density at radius 2 is 1.92 bits per heavy atom. The molecule has 0 spiro atoms. The molecule has 0 heterocycles. The van der Waals surface area contributed by atoms with Gasteiger partial charge in [0.2, 0.25) is 0 Å². The van der Waals surface area contributed by atoms with Crippen molar-refractivity contribution in [2.24, 2.45) is 0 Å². The zero-order valence-corrected chi connectivity index (χ0v) is 8.84. The van der Waals surface area contributed by atoms with E-state index in [1.165, 1.54) is 5.56 Å². The number of rotatable bonds is 3. The molecular formula is C11H14OS. The molecule has 0 unspecified atom stereocenters. The molecule has 1 nitrogen and oxygen atoms in total. The first kappa shape index (κ1) is 10.3. The van der Waals surface area contributed by atoms with Gasteiger partial charge in [0.25, 0.3) is 0 Å². The van der Waals surface area contributed by atoms with Crippen LogP contribution < -0.4 is 0 Å². The van der Waals surface area contributed by atoms with E-state index in [-0.39, 0.29) is 5.78 Å². The summed E-state index contributed by atoms with van der Waals surface area (Å²) in [4.78, 5) is 11.0. The third kappa shape index (κ3) is 3.23. The topological polar surface area (TPSA) is 17.1 Å². The number of hydrogen-bond acceptors (Lipinski definition) is 2. The van der Waals surface area contributed by atoms with Gasteiger partial charge in [0, 0.05) is 10.8 Å². The fourth-order valence-electron chi connectivity index (χ4n) is 1.22. The molecule has 0 aromatic heterocycles. The van der Waals surface area contributed by atoms with Crippen LogP contribution in [0, 0.1) is 0 Å². The van der Waals surface area contributed by atoms with Gasteiger partial charge in [-0.05, 0) is 18.9 Å². The van der Waals surface area contributed by atoms with Crippen molar-refractivity contribution in [3.8, 4) is 0 Å². The van der Waals surface area contributed by atoms with E-state index < -0.39 is 0 Å². The number of thiol groups is 1. The van der Waals surface area contributed by atoms with Crippen LogP contribution in [0.15, 0.2) is 24.3 Å². The molecule has 0 radical (unpaired) electrons. The van der Waals surface area contributed by atoms with Gasteiger partial charge in [0.15, 0.2) is 5.78 Å². The largest absolute Gasteiger partial charge is 0.295 e. The maximum Gasteiger partial charge on any atom is 0.159 e. The highest BCUT2D eigenvalue weighted by Crippen LogP contribution is 2.09. The number of benzene rings is 1. The predicted octanol–water partition coefficient (Wildman–Crippen LogP) is 2.75. The first-order chi connectivity index (χ1) is 6.09. The van der Waals surface area contributed by atoms with E-state index in [4.69, 9.17) is 0 Å². The molecule has 2 heteroatoms. The highest BCUT2D eigenvalue weighted by Gasteiger charge is 2.00. The molecule has 0 aliphatic heterocycles. The number of carbonyl (C=O) groups is 1. The van der Waals surface area contributed by atoms with Crippen LogP contribution in [0.5, 0.6) is 0 Å². The fraction of sp³-hybridized carbons (Fsp3) is 0.364. The SMILES string of the molecule is CC(=O)c1ccc(C[C@H](C)S)cc1. The summed E-state index contributed by atoms with van der Waals surface area (Å²) in [7, 11) is 0. The van der Waals surface area contributed by atoms with Gasteiger partial charge in [0.1, 0.15) is 0 Å². The molecule has 0 amide bonds. The van der Waals surface area contributed by atoms with E-state index in [1.807, 2.05) is 24.3 Å². The third-order valence-corrected chi connectivity index (χ3v) is 2.07. The molecule has 1 aromatic carbocycles. The predicted molar refractivity (Wildman–Crippen MR) is 58.6 cm³/mol. The maximum absolute atomic E-state index is 11.0. The molecule has 0 bridgehead atoms. The van der Waals surface area contributed by atoms with Gasteiger partial charge >= 0.3 is 0 Å². The van der Waals surface area contributed by atoms with Crippen molar-refractivity contribution in [1.29, 1.82) is 0 Å². The summed E-state index contributed by atoms with van der Waals surface area (Å²) >= 11 is 4.31. The molecule has 0 N–H and O–H groups in total. The zero-order valence-electron chi connectivity index (χ0n) is 7.95. The minimum absolute atomic E-state index is 0.116. The van der Waals surface area contributed by atoms with E-state index >= 15 is 0 Å². The van der Waals surface area contributed by atoms with Crippen molar-refractivity contribution in [3.63, 3.8) is 0 Å². The maximum atomic E-state index is 11.0. The van der Waals surface area contributed by atoms with E-state index in [2.05, 4.69) is 19.6 Å². The van der Waals surface area contributed by atoms with E-state index in [9.17, 15) is 4.79 Å². The second kappa shape index (κ2) is 4.47. The number of Topliss-reactive ketones (excluding diaryl/α,β-unsaturated/α-hetero) is 1. The molecule has 0 aliphatic carbocycles. The van der Waals surface area contributed by atoms with Gasteiger partial charge in [0.05, 0.1) is 0 Å². The Balaban J connectivity index is 2.75. The van der Waals surface area contributed by atoms with Gasteiger partial charge in [-0.1, -0.05) is 31.2 Å². The second-order valence-electron chi connectivity index (χ2n) is 3.31. The van der Waals surface area contributed by atoms with Crippen molar-refractivity contribution < 1.29 is 4.79 Å². The van der Waals surface area contributed by atoms with Crippen LogP contribution in [-0.2, 0) is 6.42 Å². The lowest BCUT2D eigenvalue weighted by Gasteiger charge is -2.04. The van der Waals surface area contributed by atoms with Crippen molar-refractivity contribution >= 4 is 18.4 Å². The summed E-state index contributed by atoms with van der Waals surface area (Å²) in [5.74, 6) is 0.116. The molecule has 13 heavy (non-hydrogen) atoms. The van der Waals surface area contributed by atoms with E-state index in [1.54, 1.807) is 6.92 Å². The van der Waals surface area contributed by atoms with Gasteiger partial charge in [-0.3, -0.25) is 4.79 Å². The van der Waals surface area contributed by atoms with Crippen LogP contribution in [0.3, 0.4) is 0 Å². The molecule has 1 aromatic rings. The molecule has 70 valence electrons. The molecule has 0 aliphatic rings. The molecule has 0 saturated heterocycles. The molecule has 0 saturated carbocycles. The van der Waals surface area contributed by atoms with E-state index in [0.717, 1.165) is 12.0 Å². The molecular weight excluding hydrogens is 180 g/mol. The van der Waals surface area contributed by atoms with Crippen LogP contribution in [-0.4, -0.2) is 11.0 Å². The molecule has 0 fully saturated rings. The molecule has 1 rings (SSSR count). The number of ketones is 1. The minimum Gasteiger partial charge on any atom is -0.295 e. The van der Waals surface area contributed by atoms with Crippen LogP contribution in [0.4, 0.5) is 0 Å². The third-order valence-electron chi connectivity index (χ3n) is 1.89. The van der Waals surface area contributed by atoms with E-state index in [0.29, 0.717) is 5.25 Å². The van der Waals surface area contributed by atoms with Gasteiger partial charge in [-0.15, -0.1) is 0 Å². The van der Waals surface area contributed by atoms with Crippen LogP contribution in [0.2, 0.25) is 0 Å². The molecule has 1 atom stereocenters. The van der Waals surface area contributed by atoms with Gasteiger partial charge in [-0.2, -0.15) is 12.6 Å². The van der Waals surface area contributed by atoms with Crippen LogP contribution in [0.25, 0.3) is 0 Å². The van der Waals surface area contributed by atoms with Gasteiger partial charge in [-0.25, -0.2) is 0 Å². The second-order valence-corrected chi connectivity index (χ2v) is 4.19. The Morgan fingerprint density at radius 3 is 2.31 bits per heavy atom. The monoisotopic (exact) mass is 194 g/mol. The minimum atomic E-state index is 0.116. The highest BCUT2D eigenvalue weighted by molar-refractivity contribution is 7.80. The van der Waals surface area contributed by atoms with Crippen molar-refractivity contribution in [3.05, 3.63) is 35.4 Å². The fourth-order valence-corrected chi connectivity index (χ4v) is 1.43. The summed E-state index contributed by atoms with van der Waals surface area (Å²) in [5.41, 5.74) is 2.00. The van der Waals surface area contributed by atoms with Crippen molar-refractivity contribution in [1.82, 2.24) is 0 Å². The Labute approximate surface area is 84.6 Å². The zero-order chi connectivity index (χ0) is 9.84. The Hall–Kier alpha value is -0.760. The summed E-state index contributed by atoms with van der Waals surface area (Å²) in [6, 6.07) is 7.72. The smallest absolute Gasteiger partial charge is 0.159 e. The van der Waals surface area contributed by atoms with Crippen molar-refractivity contribution in [2.45, 2.75) is 25.5 Å². The van der Waals surface area contributed by atoms with Crippen molar-refractivity contribution in [2.75, 3.05) is 0 Å². The summed E-state index contributed by atoms with van der Waals surface area (Å²) < 4.78 is 0. The summed E-state index contributed by atoms with van der Waals surface area (Å²) in [5, 5.41) is 0.364. The Kier molecular flexibility index (Phi) is 3.55. The number of carbonyl (C=O) groups excluding carboxylic acids is 1. The lowest BCUT2D eigenvalue weighted by molar-refractivity contribution is 0.101. The quantitative estimate of drug-likeness (QED) is 0.578. The highest BCUT2D eigenvalue weighted by atomic mass is 32.1. The summed E-state index contributed by atoms with van der Waals surface area (Å²) in [6.07, 6.45) is 0.946. The number of hydrogen-bond donors (Lipinski definition) is 1. The normalized spacial score (nSPS) is 12.5. The average Bonchev–Trinajstić information content (AvgIpc) is 2.04. The Bertz CT molecular complexity index is 287. The first-order valence-corrected chi connectivity index (χ1v) is 4.89. The van der Waals surface area contributed by atoms with Crippen LogP contribution >= 0.6 is 12.6 Å². The van der Waals surface area contributed by atoms with Crippen LogP contribution in [0.1, 0.15) is 29.8 Å². The average molecular weight is 194 g/mol.